The van der Waals surface area contributed by atoms with Gasteiger partial charge in [0.15, 0.2) is 0 Å². The van der Waals surface area contributed by atoms with Crippen LogP contribution in [0.3, 0.4) is 0 Å². The number of nitrogens with one attached hydrogen (secondary N) is 1. The van der Waals surface area contributed by atoms with Crippen molar-refractivity contribution in [1.29, 1.82) is 0 Å². The zero-order chi connectivity index (χ0) is 22.8. The molecule has 0 heterocycles. The summed E-state index contributed by atoms with van der Waals surface area (Å²) in [6, 6.07) is 12.9. The predicted octanol–water partition coefficient (Wildman–Crippen LogP) is 5.87. The van der Waals surface area contributed by atoms with Crippen molar-refractivity contribution in [3.8, 4) is 0 Å². The van der Waals surface area contributed by atoms with E-state index in [0.29, 0.717) is 28.9 Å². The molecule has 0 saturated carbocycles. The van der Waals surface area contributed by atoms with E-state index in [1.165, 1.54) is 11.8 Å². The number of unbranched alkanes of at least 4 members (excludes halogenated alkanes) is 1. The number of thioether (sulfide) groups is 1. The van der Waals surface area contributed by atoms with Crippen LogP contribution in [-0.4, -0.2) is 35.1 Å². The number of hydrogen-bond acceptors (Lipinski definition) is 3. The fourth-order valence-electron chi connectivity index (χ4n) is 3.06. The summed E-state index contributed by atoms with van der Waals surface area (Å²) in [5.74, 6) is 0.729. The van der Waals surface area contributed by atoms with Crippen molar-refractivity contribution in [2.24, 2.45) is 0 Å². The van der Waals surface area contributed by atoms with Crippen LogP contribution in [0.5, 0.6) is 0 Å². The molecule has 0 aliphatic carbocycles. The normalized spacial score (nSPS) is 11.8. The van der Waals surface area contributed by atoms with E-state index in [4.69, 9.17) is 23.2 Å². The summed E-state index contributed by atoms with van der Waals surface area (Å²) in [4.78, 5) is 27.5. The van der Waals surface area contributed by atoms with Crippen LogP contribution in [-0.2, 0) is 21.9 Å². The number of halogens is 2. The van der Waals surface area contributed by atoms with E-state index in [9.17, 15) is 9.59 Å². The lowest BCUT2D eigenvalue weighted by atomic mass is 10.1. The number of aryl methyl sites for hydroxylation is 1. The minimum atomic E-state index is -0.547. The highest BCUT2D eigenvalue weighted by atomic mass is 35.5. The van der Waals surface area contributed by atoms with Crippen LogP contribution in [0.1, 0.15) is 43.4 Å². The Morgan fingerprint density at radius 3 is 2.55 bits per heavy atom. The highest BCUT2D eigenvalue weighted by molar-refractivity contribution is 7.99. The molecule has 1 atom stereocenters. The smallest absolute Gasteiger partial charge is 0.242 e. The molecule has 2 rings (SSSR count). The fraction of sp³-hybridized carbons (Fsp3) is 0.417. The average molecular weight is 481 g/mol. The van der Waals surface area contributed by atoms with E-state index < -0.39 is 6.04 Å². The van der Waals surface area contributed by atoms with Gasteiger partial charge in [-0.25, -0.2) is 0 Å². The molecule has 31 heavy (non-hydrogen) atoms. The largest absolute Gasteiger partial charge is 0.354 e. The molecule has 0 fully saturated rings. The summed E-state index contributed by atoms with van der Waals surface area (Å²) in [5.41, 5.74) is 3.14. The minimum absolute atomic E-state index is 0.0635. The summed E-state index contributed by atoms with van der Waals surface area (Å²) < 4.78 is 0. The molecule has 168 valence electrons. The molecule has 0 aliphatic rings. The van der Waals surface area contributed by atoms with Gasteiger partial charge >= 0.3 is 0 Å². The second-order valence-electron chi connectivity index (χ2n) is 7.51. The SMILES string of the molecule is CCCCNC(=O)C(C)N(Cc1ccccc1C)C(=O)CSCc1ccc(Cl)c(Cl)c1. The van der Waals surface area contributed by atoms with Crippen LogP contribution < -0.4 is 5.32 Å². The van der Waals surface area contributed by atoms with E-state index in [2.05, 4.69) is 12.2 Å². The summed E-state index contributed by atoms with van der Waals surface area (Å²) >= 11 is 13.5. The molecule has 0 aromatic heterocycles. The third-order valence-corrected chi connectivity index (χ3v) is 6.80. The van der Waals surface area contributed by atoms with Crippen LogP contribution in [0.15, 0.2) is 42.5 Å². The van der Waals surface area contributed by atoms with Crippen molar-refractivity contribution < 1.29 is 9.59 Å². The van der Waals surface area contributed by atoms with Crippen molar-refractivity contribution in [3.05, 3.63) is 69.2 Å². The first-order valence-corrected chi connectivity index (χ1v) is 12.4. The van der Waals surface area contributed by atoms with Gasteiger partial charge in [-0.05, 0) is 49.1 Å². The lowest BCUT2D eigenvalue weighted by molar-refractivity contribution is -0.138. The summed E-state index contributed by atoms with van der Waals surface area (Å²) in [5, 5.41) is 3.96. The van der Waals surface area contributed by atoms with Crippen molar-refractivity contribution in [1.82, 2.24) is 10.2 Å². The van der Waals surface area contributed by atoms with E-state index >= 15 is 0 Å². The Morgan fingerprint density at radius 2 is 1.87 bits per heavy atom. The van der Waals surface area contributed by atoms with Crippen molar-refractivity contribution in [2.75, 3.05) is 12.3 Å². The molecule has 2 amide bonds. The van der Waals surface area contributed by atoms with Gasteiger partial charge < -0.3 is 10.2 Å². The lowest BCUT2D eigenvalue weighted by Gasteiger charge is -2.29. The number of amides is 2. The Kier molecular flexibility index (Phi) is 10.7. The first-order chi connectivity index (χ1) is 14.8. The van der Waals surface area contributed by atoms with Crippen molar-refractivity contribution >= 4 is 46.8 Å². The Balaban J connectivity index is 2.06. The van der Waals surface area contributed by atoms with E-state index in [0.717, 1.165) is 29.5 Å². The van der Waals surface area contributed by atoms with Crippen LogP contribution >= 0.6 is 35.0 Å². The standard InChI is InChI=1S/C24H30Cl2N2O2S/c1-4-5-12-27-24(30)18(3)28(14-20-9-7-6-8-17(20)2)23(29)16-31-15-19-10-11-21(25)22(26)13-19/h6-11,13,18H,4-5,12,14-16H2,1-3H3,(H,27,30). The topological polar surface area (TPSA) is 49.4 Å². The van der Waals surface area contributed by atoms with Crippen LogP contribution in [0.2, 0.25) is 10.0 Å². The maximum atomic E-state index is 13.1. The number of rotatable bonds is 11. The highest BCUT2D eigenvalue weighted by Crippen LogP contribution is 2.25. The quantitative estimate of drug-likeness (QED) is 0.409. The van der Waals surface area contributed by atoms with Gasteiger partial charge in [-0.2, -0.15) is 0 Å². The summed E-state index contributed by atoms with van der Waals surface area (Å²) in [6.07, 6.45) is 1.93. The highest BCUT2D eigenvalue weighted by Gasteiger charge is 2.26. The van der Waals surface area contributed by atoms with Crippen molar-refractivity contribution in [3.63, 3.8) is 0 Å². The number of nitrogens with zero attached hydrogens (tertiary/aromatic N) is 1. The summed E-state index contributed by atoms with van der Waals surface area (Å²) in [7, 11) is 0. The maximum Gasteiger partial charge on any atom is 0.242 e. The van der Waals surface area contributed by atoms with Gasteiger partial charge in [-0.3, -0.25) is 9.59 Å². The number of carbonyl (C=O) groups is 2. The molecule has 0 spiro atoms. The maximum absolute atomic E-state index is 13.1. The molecule has 0 bridgehead atoms. The molecule has 7 heteroatoms. The molecule has 0 radical (unpaired) electrons. The van der Waals surface area contributed by atoms with Gasteiger partial charge in [0.05, 0.1) is 15.8 Å². The third kappa shape index (κ3) is 8.06. The molecule has 4 nitrogen and oxygen atoms in total. The Bertz CT molecular complexity index is 892. The third-order valence-electron chi connectivity index (χ3n) is 5.08. The molecule has 1 N–H and O–H groups in total. The molecular weight excluding hydrogens is 451 g/mol. The molecule has 0 aliphatic heterocycles. The Morgan fingerprint density at radius 1 is 1.13 bits per heavy atom. The fourth-order valence-corrected chi connectivity index (χ4v) is 4.24. The van der Waals surface area contributed by atoms with Gasteiger partial charge in [-0.15, -0.1) is 11.8 Å². The zero-order valence-corrected chi connectivity index (χ0v) is 20.6. The summed E-state index contributed by atoms with van der Waals surface area (Å²) in [6.45, 7) is 6.91. The molecule has 0 saturated heterocycles. The van der Waals surface area contributed by atoms with Crippen molar-refractivity contribution in [2.45, 2.75) is 52.0 Å². The first-order valence-electron chi connectivity index (χ1n) is 10.5. The van der Waals surface area contributed by atoms with E-state index in [1.54, 1.807) is 17.9 Å². The molecule has 2 aromatic carbocycles. The van der Waals surface area contributed by atoms with E-state index in [1.807, 2.05) is 43.3 Å². The zero-order valence-electron chi connectivity index (χ0n) is 18.3. The second kappa shape index (κ2) is 13.0. The monoisotopic (exact) mass is 480 g/mol. The van der Waals surface area contributed by atoms with Gasteiger partial charge in [0.1, 0.15) is 6.04 Å². The predicted molar refractivity (Wildman–Crippen MR) is 132 cm³/mol. The van der Waals surface area contributed by atoms with Crippen LogP contribution in [0, 0.1) is 6.92 Å². The van der Waals surface area contributed by atoms with E-state index in [-0.39, 0.29) is 17.6 Å². The second-order valence-corrected chi connectivity index (χ2v) is 9.31. The average Bonchev–Trinajstić information content (AvgIpc) is 2.75. The van der Waals surface area contributed by atoms with Gasteiger partial charge in [0.2, 0.25) is 11.8 Å². The van der Waals surface area contributed by atoms with Gasteiger partial charge in [0, 0.05) is 18.8 Å². The minimum Gasteiger partial charge on any atom is -0.354 e. The number of hydrogen-bond donors (Lipinski definition) is 1. The molecule has 1 unspecified atom stereocenters. The number of carbonyl (C=O) groups excluding carboxylic acids is 2. The molecule has 2 aromatic rings. The number of benzene rings is 2. The van der Waals surface area contributed by atoms with Crippen LogP contribution in [0.4, 0.5) is 0 Å². The Hall–Kier alpha value is -1.69. The Labute approximate surface area is 199 Å². The van der Waals surface area contributed by atoms with Crippen LogP contribution in [0.25, 0.3) is 0 Å². The lowest BCUT2D eigenvalue weighted by Crippen LogP contribution is -2.48. The van der Waals surface area contributed by atoms with Gasteiger partial charge in [-0.1, -0.05) is 66.9 Å². The van der Waals surface area contributed by atoms with Gasteiger partial charge in [0.25, 0.3) is 0 Å². The molecular formula is C24H30Cl2N2O2S. The first kappa shape index (κ1) is 25.6.